The SMILES string of the molecule is CC1=C(C)Nc2ccccc2C1.CCNc1c(C)c(=O)c1=O. The molecule has 0 spiro atoms. The monoisotopic (exact) mass is 298 g/mol. The fourth-order valence-electron chi connectivity index (χ4n) is 2.42. The number of anilines is 2. The van der Waals surface area contributed by atoms with Crippen LogP contribution in [-0.4, -0.2) is 6.54 Å². The summed E-state index contributed by atoms with van der Waals surface area (Å²) in [6.45, 7) is 8.54. The van der Waals surface area contributed by atoms with E-state index in [1.54, 1.807) is 6.92 Å². The summed E-state index contributed by atoms with van der Waals surface area (Å²) in [7, 11) is 0. The van der Waals surface area contributed by atoms with Crippen LogP contribution in [0.3, 0.4) is 0 Å². The molecule has 0 bridgehead atoms. The van der Waals surface area contributed by atoms with Gasteiger partial charge in [-0.15, -0.1) is 0 Å². The van der Waals surface area contributed by atoms with E-state index in [1.165, 1.54) is 22.5 Å². The first-order chi connectivity index (χ1) is 10.5. The van der Waals surface area contributed by atoms with Crippen LogP contribution < -0.4 is 21.5 Å². The molecular formula is C18H22N2O2. The Morgan fingerprint density at radius 3 is 2.41 bits per heavy atom. The van der Waals surface area contributed by atoms with Crippen LogP contribution in [0.1, 0.15) is 31.9 Å². The van der Waals surface area contributed by atoms with Crippen LogP contribution in [0.25, 0.3) is 0 Å². The molecule has 0 saturated carbocycles. The summed E-state index contributed by atoms with van der Waals surface area (Å²) in [4.78, 5) is 21.3. The Labute approximate surface area is 130 Å². The largest absolute Gasteiger partial charge is 0.382 e. The summed E-state index contributed by atoms with van der Waals surface area (Å²) in [5.74, 6) is 0. The van der Waals surface area contributed by atoms with E-state index in [2.05, 4.69) is 48.7 Å². The molecule has 0 atom stereocenters. The van der Waals surface area contributed by atoms with Crippen molar-refractivity contribution in [3.63, 3.8) is 0 Å². The van der Waals surface area contributed by atoms with E-state index in [0.29, 0.717) is 17.8 Å². The lowest BCUT2D eigenvalue weighted by molar-refractivity contribution is 1.05. The van der Waals surface area contributed by atoms with Crippen molar-refractivity contribution < 1.29 is 0 Å². The maximum Gasteiger partial charge on any atom is 0.249 e. The molecule has 4 heteroatoms. The highest BCUT2D eigenvalue weighted by atomic mass is 16.2. The predicted molar refractivity (Wildman–Crippen MR) is 92.4 cm³/mol. The molecule has 0 unspecified atom stereocenters. The normalized spacial score (nSPS) is 13.1. The van der Waals surface area contributed by atoms with E-state index in [9.17, 15) is 9.59 Å². The molecule has 1 aliphatic rings. The Kier molecular flexibility index (Phi) is 4.81. The predicted octanol–water partition coefficient (Wildman–Crippen LogP) is 2.97. The molecule has 0 amide bonds. The minimum absolute atomic E-state index is 0.351. The van der Waals surface area contributed by atoms with Crippen molar-refractivity contribution in [1.82, 2.24) is 0 Å². The molecule has 1 heterocycles. The van der Waals surface area contributed by atoms with Gasteiger partial charge in [-0.1, -0.05) is 18.2 Å². The summed E-state index contributed by atoms with van der Waals surface area (Å²) in [5.41, 5.74) is 5.73. The van der Waals surface area contributed by atoms with Gasteiger partial charge in [-0.2, -0.15) is 0 Å². The lowest BCUT2D eigenvalue weighted by atomic mass is 9.99. The number of benzene rings is 1. The number of fused-ring (bicyclic) bond motifs is 1. The smallest absolute Gasteiger partial charge is 0.249 e. The molecule has 0 radical (unpaired) electrons. The lowest BCUT2D eigenvalue weighted by Crippen LogP contribution is -2.36. The maximum absolute atomic E-state index is 10.7. The molecule has 4 nitrogen and oxygen atoms in total. The molecule has 0 saturated heterocycles. The van der Waals surface area contributed by atoms with Crippen molar-refractivity contribution in [2.75, 3.05) is 17.2 Å². The molecule has 2 aromatic rings. The number of nitrogens with one attached hydrogen (secondary N) is 2. The molecule has 0 fully saturated rings. The second-order valence-electron chi connectivity index (χ2n) is 5.55. The second kappa shape index (κ2) is 6.60. The van der Waals surface area contributed by atoms with Crippen molar-refractivity contribution in [1.29, 1.82) is 0 Å². The van der Waals surface area contributed by atoms with Crippen LogP contribution in [0.15, 0.2) is 45.1 Å². The zero-order chi connectivity index (χ0) is 16.3. The van der Waals surface area contributed by atoms with Crippen LogP contribution in [0.2, 0.25) is 0 Å². The van der Waals surface area contributed by atoms with Gasteiger partial charge in [0.1, 0.15) is 0 Å². The number of allylic oxidation sites excluding steroid dienone is 2. The summed E-state index contributed by atoms with van der Waals surface area (Å²) < 4.78 is 0. The minimum Gasteiger partial charge on any atom is -0.382 e. The van der Waals surface area contributed by atoms with Crippen LogP contribution in [0.4, 0.5) is 11.4 Å². The summed E-state index contributed by atoms with van der Waals surface area (Å²) in [6.07, 6.45) is 1.09. The van der Waals surface area contributed by atoms with Gasteiger partial charge in [-0.3, -0.25) is 9.59 Å². The fraction of sp³-hybridized carbons (Fsp3) is 0.333. The highest BCUT2D eigenvalue weighted by Gasteiger charge is 2.14. The number of hydrogen-bond acceptors (Lipinski definition) is 4. The molecule has 0 aliphatic carbocycles. The van der Waals surface area contributed by atoms with E-state index < -0.39 is 0 Å². The number of rotatable bonds is 2. The van der Waals surface area contributed by atoms with Gasteiger partial charge < -0.3 is 10.6 Å². The van der Waals surface area contributed by atoms with Gasteiger partial charge in [0.25, 0.3) is 0 Å². The standard InChI is InChI=1S/C11H13N.C7H9NO2/c1-8-7-10-5-3-4-6-11(10)12-9(8)2;1-3-8-5-4(2)6(9)7(5)10/h3-6,12H,7H2,1-2H3;8H,3H2,1-2H3. The van der Waals surface area contributed by atoms with Crippen molar-refractivity contribution in [3.05, 3.63) is 67.1 Å². The molecule has 2 N–H and O–H groups in total. The first-order valence-electron chi connectivity index (χ1n) is 7.50. The Balaban J connectivity index is 0.000000164. The van der Waals surface area contributed by atoms with Gasteiger partial charge in [0.2, 0.25) is 10.9 Å². The zero-order valence-corrected chi connectivity index (χ0v) is 13.5. The molecule has 0 aromatic heterocycles. The van der Waals surface area contributed by atoms with Crippen molar-refractivity contribution in [3.8, 4) is 0 Å². The van der Waals surface area contributed by atoms with E-state index in [4.69, 9.17) is 0 Å². The average molecular weight is 298 g/mol. The van der Waals surface area contributed by atoms with Gasteiger partial charge >= 0.3 is 0 Å². The average Bonchev–Trinajstić information content (AvgIpc) is 2.53. The molecule has 22 heavy (non-hydrogen) atoms. The van der Waals surface area contributed by atoms with E-state index >= 15 is 0 Å². The molecule has 1 aliphatic heterocycles. The Bertz CT molecular complexity index is 748. The first-order valence-corrected chi connectivity index (χ1v) is 7.50. The van der Waals surface area contributed by atoms with Crippen LogP contribution >= 0.6 is 0 Å². The van der Waals surface area contributed by atoms with Gasteiger partial charge in [-0.05, 0) is 51.3 Å². The van der Waals surface area contributed by atoms with Gasteiger partial charge in [-0.25, -0.2) is 0 Å². The lowest BCUT2D eigenvalue weighted by Gasteiger charge is -2.20. The second-order valence-corrected chi connectivity index (χ2v) is 5.55. The third-order valence-corrected chi connectivity index (χ3v) is 3.94. The molecule has 116 valence electrons. The van der Waals surface area contributed by atoms with Gasteiger partial charge in [0.15, 0.2) is 0 Å². The van der Waals surface area contributed by atoms with E-state index in [-0.39, 0.29) is 10.9 Å². The Morgan fingerprint density at radius 1 is 1.09 bits per heavy atom. The molecular weight excluding hydrogens is 276 g/mol. The van der Waals surface area contributed by atoms with Crippen LogP contribution in [-0.2, 0) is 6.42 Å². The molecule has 3 rings (SSSR count). The maximum atomic E-state index is 10.7. The van der Waals surface area contributed by atoms with Gasteiger partial charge in [0, 0.05) is 23.5 Å². The third-order valence-electron chi connectivity index (χ3n) is 3.94. The fourth-order valence-corrected chi connectivity index (χ4v) is 2.42. The van der Waals surface area contributed by atoms with Crippen molar-refractivity contribution in [2.24, 2.45) is 0 Å². The highest BCUT2D eigenvalue weighted by molar-refractivity contribution is 5.59. The Hall–Kier alpha value is -2.36. The number of para-hydroxylation sites is 1. The minimum atomic E-state index is -0.376. The topological polar surface area (TPSA) is 58.2 Å². The van der Waals surface area contributed by atoms with Crippen molar-refractivity contribution in [2.45, 2.75) is 34.1 Å². The summed E-state index contributed by atoms with van der Waals surface area (Å²) in [6, 6.07) is 8.47. The first kappa shape index (κ1) is 16.0. The van der Waals surface area contributed by atoms with Crippen LogP contribution in [0, 0.1) is 6.92 Å². The van der Waals surface area contributed by atoms with Crippen LogP contribution in [0.5, 0.6) is 0 Å². The number of hydrogen-bond donors (Lipinski definition) is 2. The Morgan fingerprint density at radius 2 is 1.77 bits per heavy atom. The highest BCUT2D eigenvalue weighted by Crippen LogP contribution is 2.26. The van der Waals surface area contributed by atoms with E-state index in [1.807, 2.05) is 6.92 Å². The zero-order valence-electron chi connectivity index (χ0n) is 13.5. The summed E-state index contributed by atoms with van der Waals surface area (Å²) >= 11 is 0. The van der Waals surface area contributed by atoms with Crippen molar-refractivity contribution >= 4 is 11.4 Å². The summed E-state index contributed by atoms with van der Waals surface area (Å²) in [5, 5.41) is 6.21. The van der Waals surface area contributed by atoms with Gasteiger partial charge in [0.05, 0.1) is 5.69 Å². The quantitative estimate of drug-likeness (QED) is 0.837. The van der Waals surface area contributed by atoms with E-state index in [0.717, 1.165) is 6.42 Å². The third kappa shape index (κ3) is 3.11. The molecule has 2 aromatic carbocycles.